The molecule has 0 spiro atoms. The Labute approximate surface area is 113 Å². The number of aromatic nitrogens is 1. The van der Waals surface area contributed by atoms with Crippen LogP contribution in [0.3, 0.4) is 0 Å². The highest BCUT2D eigenvalue weighted by Crippen LogP contribution is 2.44. The van der Waals surface area contributed by atoms with Gasteiger partial charge in [0, 0.05) is 28.7 Å². The van der Waals surface area contributed by atoms with Gasteiger partial charge in [-0.25, -0.2) is 0 Å². The van der Waals surface area contributed by atoms with Crippen molar-refractivity contribution >= 4 is 16.8 Å². The third-order valence-corrected chi connectivity index (χ3v) is 4.35. The number of H-pyrrole nitrogens is 1. The molecule has 1 aliphatic carbocycles. The minimum absolute atomic E-state index is 0.0354. The molecule has 0 unspecified atom stereocenters. The largest absolute Gasteiger partial charge is 0.358 e. The van der Waals surface area contributed by atoms with E-state index in [9.17, 15) is 4.79 Å². The predicted octanol–water partition coefficient (Wildman–Crippen LogP) is 3.31. The average Bonchev–Trinajstić information content (AvgIpc) is 3.07. The second-order valence-electron chi connectivity index (χ2n) is 6.13. The zero-order chi connectivity index (χ0) is 13.6. The fraction of sp³-hybridized carbons (Fsp3) is 0.438. The SMILES string of the molecule is Cc1[nH]c2ccc(C(=O)NCC3(C)CC3)cc2c1C. The van der Waals surface area contributed by atoms with E-state index < -0.39 is 0 Å². The van der Waals surface area contributed by atoms with Crippen molar-refractivity contribution in [3.05, 3.63) is 35.0 Å². The zero-order valence-corrected chi connectivity index (χ0v) is 11.8. The first-order chi connectivity index (χ1) is 8.98. The van der Waals surface area contributed by atoms with Crippen LogP contribution in [-0.4, -0.2) is 17.4 Å². The highest BCUT2D eigenvalue weighted by atomic mass is 16.1. The van der Waals surface area contributed by atoms with Gasteiger partial charge >= 0.3 is 0 Å². The summed E-state index contributed by atoms with van der Waals surface area (Å²) in [5.74, 6) is 0.0354. The van der Waals surface area contributed by atoms with Gasteiger partial charge in [0.05, 0.1) is 0 Å². The highest BCUT2D eigenvalue weighted by molar-refractivity contribution is 5.99. The number of amides is 1. The number of aryl methyl sites for hydroxylation is 2. The number of benzene rings is 1. The fourth-order valence-electron chi connectivity index (χ4n) is 2.39. The van der Waals surface area contributed by atoms with E-state index in [1.807, 2.05) is 18.2 Å². The van der Waals surface area contributed by atoms with Crippen LogP contribution in [0.25, 0.3) is 10.9 Å². The van der Waals surface area contributed by atoms with Crippen LogP contribution in [0.4, 0.5) is 0 Å². The Bertz CT molecular complexity index is 650. The molecule has 3 nitrogen and oxygen atoms in total. The van der Waals surface area contributed by atoms with Crippen molar-refractivity contribution in [3.63, 3.8) is 0 Å². The molecule has 100 valence electrons. The summed E-state index contributed by atoms with van der Waals surface area (Å²) in [6.45, 7) is 7.15. The molecule has 0 bridgehead atoms. The smallest absolute Gasteiger partial charge is 0.251 e. The molecule has 19 heavy (non-hydrogen) atoms. The van der Waals surface area contributed by atoms with E-state index >= 15 is 0 Å². The molecular weight excluding hydrogens is 236 g/mol. The van der Waals surface area contributed by atoms with E-state index in [1.54, 1.807) is 0 Å². The number of hydrogen-bond donors (Lipinski definition) is 2. The lowest BCUT2D eigenvalue weighted by molar-refractivity contribution is 0.0946. The van der Waals surface area contributed by atoms with Gasteiger partial charge in [0.1, 0.15) is 0 Å². The van der Waals surface area contributed by atoms with Crippen LogP contribution < -0.4 is 5.32 Å². The van der Waals surface area contributed by atoms with Crippen LogP contribution in [0.15, 0.2) is 18.2 Å². The summed E-state index contributed by atoms with van der Waals surface area (Å²) in [5.41, 5.74) is 4.58. The Morgan fingerprint density at radius 2 is 2.11 bits per heavy atom. The maximum atomic E-state index is 12.2. The molecule has 0 saturated heterocycles. The highest BCUT2D eigenvalue weighted by Gasteiger charge is 2.37. The van der Waals surface area contributed by atoms with Crippen LogP contribution in [0.1, 0.15) is 41.4 Å². The van der Waals surface area contributed by atoms with Gasteiger partial charge in [-0.15, -0.1) is 0 Å². The number of carbonyl (C=O) groups excluding carboxylic acids is 1. The number of hydrogen-bond acceptors (Lipinski definition) is 1. The van der Waals surface area contributed by atoms with Crippen molar-refractivity contribution in [2.75, 3.05) is 6.54 Å². The number of fused-ring (bicyclic) bond motifs is 1. The Morgan fingerprint density at radius 3 is 2.79 bits per heavy atom. The predicted molar refractivity (Wildman–Crippen MR) is 77.4 cm³/mol. The van der Waals surface area contributed by atoms with E-state index in [2.05, 4.69) is 31.1 Å². The maximum absolute atomic E-state index is 12.2. The van der Waals surface area contributed by atoms with Crippen molar-refractivity contribution in [2.24, 2.45) is 5.41 Å². The molecular formula is C16H20N2O. The van der Waals surface area contributed by atoms with Crippen molar-refractivity contribution in [2.45, 2.75) is 33.6 Å². The minimum atomic E-state index is 0.0354. The lowest BCUT2D eigenvalue weighted by atomic mass is 10.1. The molecule has 0 radical (unpaired) electrons. The first-order valence-electron chi connectivity index (χ1n) is 6.86. The molecule has 0 atom stereocenters. The normalized spacial score (nSPS) is 16.6. The van der Waals surface area contributed by atoms with Crippen molar-refractivity contribution in [1.29, 1.82) is 0 Å². The van der Waals surface area contributed by atoms with Gasteiger partial charge in [0.25, 0.3) is 5.91 Å². The molecule has 3 heteroatoms. The van der Waals surface area contributed by atoms with E-state index in [0.717, 1.165) is 28.7 Å². The molecule has 1 amide bonds. The summed E-state index contributed by atoms with van der Waals surface area (Å²) >= 11 is 0. The fourth-order valence-corrected chi connectivity index (χ4v) is 2.39. The van der Waals surface area contributed by atoms with E-state index in [0.29, 0.717) is 5.41 Å². The zero-order valence-electron chi connectivity index (χ0n) is 11.8. The van der Waals surface area contributed by atoms with E-state index in [-0.39, 0.29) is 5.91 Å². The molecule has 1 heterocycles. The lowest BCUT2D eigenvalue weighted by Gasteiger charge is -2.10. The van der Waals surface area contributed by atoms with E-state index in [1.165, 1.54) is 18.4 Å². The quantitative estimate of drug-likeness (QED) is 0.869. The molecule has 2 N–H and O–H groups in total. The summed E-state index contributed by atoms with van der Waals surface area (Å²) in [7, 11) is 0. The first-order valence-corrected chi connectivity index (χ1v) is 6.86. The van der Waals surface area contributed by atoms with E-state index in [4.69, 9.17) is 0 Å². The molecule has 3 rings (SSSR count). The van der Waals surface area contributed by atoms with Gasteiger partial charge in [0.15, 0.2) is 0 Å². The van der Waals surface area contributed by atoms with Crippen LogP contribution in [0, 0.1) is 19.3 Å². The van der Waals surface area contributed by atoms with Gasteiger partial charge in [-0.2, -0.15) is 0 Å². The van der Waals surface area contributed by atoms with Gasteiger partial charge < -0.3 is 10.3 Å². The van der Waals surface area contributed by atoms with Crippen LogP contribution in [0.2, 0.25) is 0 Å². The van der Waals surface area contributed by atoms with Crippen LogP contribution in [-0.2, 0) is 0 Å². The molecule has 1 aromatic heterocycles. The van der Waals surface area contributed by atoms with Gasteiger partial charge in [0.2, 0.25) is 0 Å². The summed E-state index contributed by atoms with van der Waals surface area (Å²) in [6, 6.07) is 5.87. The number of carbonyl (C=O) groups is 1. The number of rotatable bonds is 3. The summed E-state index contributed by atoms with van der Waals surface area (Å²) in [4.78, 5) is 15.5. The Kier molecular flexibility index (Phi) is 2.66. The second-order valence-corrected chi connectivity index (χ2v) is 6.13. The second kappa shape index (κ2) is 4.12. The molecule has 2 aromatic rings. The monoisotopic (exact) mass is 256 g/mol. The van der Waals surface area contributed by atoms with Gasteiger partial charge in [-0.3, -0.25) is 4.79 Å². The molecule has 1 aromatic carbocycles. The standard InChI is InChI=1S/C16H20N2O/c1-10-11(2)18-14-5-4-12(8-13(10)14)15(19)17-9-16(3)6-7-16/h4-5,8,18H,6-7,9H2,1-3H3,(H,17,19). The van der Waals surface area contributed by atoms with Crippen molar-refractivity contribution in [1.82, 2.24) is 10.3 Å². The topological polar surface area (TPSA) is 44.9 Å². The Hall–Kier alpha value is -1.77. The average molecular weight is 256 g/mol. The third kappa shape index (κ3) is 2.25. The first kappa shape index (κ1) is 12.3. The number of nitrogens with one attached hydrogen (secondary N) is 2. The summed E-state index contributed by atoms with van der Waals surface area (Å²) < 4.78 is 0. The van der Waals surface area contributed by atoms with Gasteiger partial charge in [-0.1, -0.05) is 6.92 Å². The Balaban J connectivity index is 1.83. The summed E-state index contributed by atoms with van der Waals surface area (Å²) in [6.07, 6.45) is 2.45. The van der Waals surface area contributed by atoms with Gasteiger partial charge in [-0.05, 0) is 55.9 Å². The number of aromatic amines is 1. The summed E-state index contributed by atoms with van der Waals surface area (Å²) in [5, 5.41) is 4.18. The minimum Gasteiger partial charge on any atom is -0.358 e. The van der Waals surface area contributed by atoms with Crippen molar-refractivity contribution in [3.8, 4) is 0 Å². The van der Waals surface area contributed by atoms with Crippen molar-refractivity contribution < 1.29 is 4.79 Å². The maximum Gasteiger partial charge on any atom is 0.251 e. The molecule has 1 fully saturated rings. The lowest BCUT2D eigenvalue weighted by Crippen LogP contribution is -2.28. The molecule has 1 saturated carbocycles. The van der Waals surface area contributed by atoms with Crippen LogP contribution in [0.5, 0.6) is 0 Å². The van der Waals surface area contributed by atoms with Crippen LogP contribution >= 0.6 is 0 Å². The molecule has 0 aliphatic heterocycles. The Morgan fingerprint density at radius 1 is 1.37 bits per heavy atom. The molecule has 1 aliphatic rings. The third-order valence-electron chi connectivity index (χ3n) is 4.35.